The van der Waals surface area contributed by atoms with Gasteiger partial charge in [0.25, 0.3) is 0 Å². The van der Waals surface area contributed by atoms with Crippen LogP contribution in [0.5, 0.6) is 5.75 Å². The third-order valence-corrected chi connectivity index (χ3v) is 4.51. The molecule has 0 spiro atoms. The highest BCUT2D eigenvalue weighted by molar-refractivity contribution is 5.71. The summed E-state index contributed by atoms with van der Waals surface area (Å²) in [5, 5.41) is 3.30. The molecule has 0 atom stereocenters. The Kier molecular flexibility index (Phi) is 5.57. The number of nitrogens with zero attached hydrogens (tertiary/aromatic N) is 3. The van der Waals surface area contributed by atoms with Crippen molar-refractivity contribution in [3.63, 3.8) is 0 Å². The van der Waals surface area contributed by atoms with E-state index >= 15 is 0 Å². The number of aromatic nitrogens is 2. The summed E-state index contributed by atoms with van der Waals surface area (Å²) in [7, 11) is 3.11. The van der Waals surface area contributed by atoms with Crippen molar-refractivity contribution in [1.29, 1.82) is 0 Å². The van der Waals surface area contributed by atoms with Gasteiger partial charge in [0.2, 0.25) is 5.82 Å². The second kappa shape index (κ2) is 7.76. The zero-order valence-corrected chi connectivity index (χ0v) is 15.2. The second-order valence-electron chi connectivity index (χ2n) is 6.12. The summed E-state index contributed by atoms with van der Waals surface area (Å²) in [4.78, 5) is 17.1. The largest absolute Gasteiger partial charge is 0.471 e. The van der Waals surface area contributed by atoms with Crippen molar-refractivity contribution in [2.45, 2.75) is 24.8 Å². The number of halogens is 3. The van der Waals surface area contributed by atoms with E-state index in [0.717, 1.165) is 0 Å². The van der Waals surface area contributed by atoms with Crippen LogP contribution in [0.15, 0.2) is 28.8 Å². The van der Waals surface area contributed by atoms with Crippen LogP contribution in [0.1, 0.15) is 18.7 Å². The first-order valence-electron chi connectivity index (χ1n) is 8.35. The Balaban J connectivity index is 1.60. The average molecular weight is 401 g/mol. The van der Waals surface area contributed by atoms with E-state index in [2.05, 4.69) is 14.7 Å². The van der Waals surface area contributed by atoms with Crippen molar-refractivity contribution in [3.8, 4) is 17.1 Å². The lowest BCUT2D eigenvalue weighted by Crippen LogP contribution is -2.49. The maximum absolute atomic E-state index is 12.5. The van der Waals surface area contributed by atoms with Crippen LogP contribution in [0.2, 0.25) is 0 Å². The Hall–Kier alpha value is -2.66. The van der Waals surface area contributed by atoms with Crippen molar-refractivity contribution in [3.05, 3.63) is 30.2 Å². The van der Waals surface area contributed by atoms with Crippen molar-refractivity contribution in [2.24, 2.45) is 0 Å². The molecule has 2 heterocycles. The Morgan fingerprint density at radius 1 is 1.14 bits per heavy atom. The molecule has 1 saturated heterocycles. The highest BCUT2D eigenvalue weighted by atomic mass is 19.4. The number of methoxy groups -OCH3 is 2. The first-order chi connectivity index (χ1) is 13.3. The van der Waals surface area contributed by atoms with E-state index in [1.165, 1.54) is 29.2 Å². The molecule has 1 aliphatic rings. The molecule has 152 valence electrons. The second-order valence-corrected chi connectivity index (χ2v) is 6.12. The van der Waals surface area contributed by atoms with Crippen molar-refractivity contribution in [1.82, 2.24) is 15.0 Å². The number of rotatable bonds is 4. The normalized spacial score (nSPS) is 16.8. The number of ether oxygens (including phenoxy) is 3. The molecule has 11 heteroatoms. The van der Waals surface area contributed by atoms with Crippen LogP contribution in [0, 0.1) is 0 Å². The Bertz CT molecular complexity index is 808. The van der Waals surface area contributed by atoms with Crippen LogP contribution in [-0.4, -0.2) is 54.2 Å². The van der Waals surface area contributed by atoms with Gasteiger partial charge in [-0.1, -0.05) is 5.16 Å². The summed E-state index contributed by atoms with van der Waals surface area (Å²) in [6, 6.07) is 5.75. The molecule has 1 aliphatic heterocycles. The Labute approximate surface area is 158 Å². The Morgan fingerprint density at radius 2 is 1.75 bits per heavy atom. The van der Waals surface area contributed by atoms with E-state index in [4.69, 9.17) is 14.2 Å². The number of likely N-dealkylation sites (tertiary alicyclic amines) is 1. The molecule has 1 aromatic heterocycles. The predicted octanol–water partition coefficient (Wildman–Crippen LogP) is 3.34. The van der Waals surface area contributed by atoms with E-state index in [1.807, 2.05) is 0 Å². The van der Waals surface area contributed by atoms with Crippen molar-refractivity contribution < 1.29 is 36.7 Å². The average Bonchev–Trinajstić information content (AvgIpc) is 3.19. The van der Waals surface area contributed by atoms with Crippen molar-refractivity contribution >= 4 is 6.09 Å². The molecular formula is C17H18F3N3O5. The molecule has 0 aliphatic carbocycles. The minimum absolute atomic E-state index is 0.211. The predicted molar refractivity (Wildman–Crippen MR) is 88.3 cm³/mol. The van der Waals surface area contributed by atoms with Gasteiger partial charge in [-0.2, -0.15) is 18.2 Å². The number of hydrogen-bond acceptors (Lipinski definition) is 7. The van der Waals surface area contributed by atoms with Crippen LogP contribution < -0.4 is 4.74 Å². The highest BCUT2D eigenvalue weighted by Crippen LogP contribution is 2.30. The lowest BCUT2D eigenvalue weighted by Gasteiger charge is -2.38. The Morgan fingerprint density at radius 3 is 2.25 bits per heavy atom. The van der Waals surface area contributed by atoms with E-state index in [-0.39, 0.29) is 11.6 Å². The summed E-state index contributed by atoms with van der Waals surface area (Å²) in [5.41, 5.74) is 0.294. The maximum Gasteiger partial charge on any atom is 0.471 e. The molecule has 28 heavy (non-hydrogen) atoms. The summed E-state index contributed by atoms with van der Waals surface area (Å²) in [6.45, 7) is 0.809. The quantitative estimate of drug-likeness (QED) is 0.726. The molecule has 0 bridgehead atoms. The number of carbonyl (C=O) groups excluding carboxylic acids is 1. The first-order valence-corrected chi connectivity index (χ1v) is 8.35. The molecule has 1 amide bonds. The van der Waals surface area contributed by atoms with Gasteiger partial charge in [-0.15, -0.1) is 0 Å². The van der Waals surface area contributed by atoms with Crippen LogP contribution in [0.4, 0.5) is 18.0 Å². The minimum atomic E-state index is -4.71. The smallest absolute Gasteiger partial charge is 0.410 e. The number of carbonyl (C=O) groups is 1. The molecule has 1 fully saturated rings. The van der Waals surface area contributed by atoms with Gasteiger partial charge in [-0.3, -0.25) is 0 Å². The minimum Gasteiger partial charge on any atom is -0.410 e. The SMILES string of the molecule is COC1(OC)CCN(C(=O)Oc2ccc(-c3noc(C(F)(F)F)n3)cc2)CC1. The standard InChI is InChI=1S/C17H18F3N3O5/c1-25-16(26-2)7-9-23(10-8-16)15(24)27-12-5-3-11(4-6-12)13-21-14(28-22-13)17(18,19)20/h3-6H,7-10H2,1-2H3. The molecule has 0 radical (unpaired) electrons. The van der Waals surface area contributed by atoms with E-state index in [9.17, 15) is 18.0 Å². The molecule has 3 rings (SSSR count). The fraction of sp³-hybridized carbons (Fsp3) is 0.471. The van der Waals surface area contributed by atoms with Gasteiger partial charge in [0.05, 0.1) is 0 Å². The summed E-state index contributed by atoms with van der Waals surface area (Å²) in [6.07, 6.45) is -4.23. The number of benzene rings is 1. The van der Waals surface area contributed by atoms with Crippen LogP contribution in [-0.2, 0) is 15.7 Å². The number of alkyl halides is 3. The summed E-state index contributed by atoms with van der Waals surface area (Å²) in [5.74, 6) is -2.09. The van der Waals surface area contributed by atoms with Crippen LogP contribution >= 0.6 is 0 Å². The number of amides is 1. The van der Waals surface area contributed by atoms with Gasteiger partial charge in [0, 0.05) is 45.7 Å². The van der Waals surface area contributed by atoms with E-state index in [0.29, 0.717) is 31.5 Å². The molecule has 0 saturated carbocycles. The lowest BCUT2D eigenvalue weighted by atomic mass is 10.0. The molecular weight excluding hydrogens is 383 g/mol. The summed E-state index contributed by atoms with van der Waals surface area (Å²) >= 11 is 0. The van der Waals surface area contributed by atoms with E-state index in [1.54, 1.807) is 14.2 Å². The fourth-order valence-electron chi connectivity index (χ4n) is 2.81. The third kappa shape index (κ3) is 4.25. The van der Waals surface area contributed by atoms with Crippen LogP contribution in [0.3, 0.4) is 0 Å². The number of hydrogen-bond donors (Lipinski definition) is 0. The molecule has 2 aromatic rings. The molecule has 0 unspecified atom stereocenters. The van der Waals surface area contributed by atoms with Crippen LogP contribution in [0.25, 0.3) is 11.4 Å². The topological polar surface area (TPSA) is 86.9 Å². The monoisotopic (exact) mass is 401 g/mol. The van der Waals surface area contributed by atoms with Gasteiger partial charge in [-0.05, 0) is 24.3 Å². The van der Waals surface area contributed by atoms with Gasteiger partial charge in [0.1, 0.15) is 5.75 Å². The first kappa shape index (κ1) is 20.1. The zero-order valence-electron chi connectivity index (χ0n) is 15.2. The van der Waals surface area contributed by atoms with Crippen molar-refractivity contribution in [2.75, 3.05) is 27.3 Å². The van der Waals surface area contributed by atoms with E-state index < -0.39 is 23.9 Å². The zero-order chi connectivity index (χ0) is 20.4. The molecule has 1 aromatic carbocycles. The number of piperidine rings is 1. The highest BCUT2D eigenvalue weighted by Gasteiger charge is 2.39. The van der Waals surface area contributed by atoms with Gasteiger partial charge >= 0.3 is 18.2 Å². The molecule has 0 N–H and O–H groups in total. The van der Waals surface area contributed by atoms with Gasteiger partial charge < -0.3 is 23.6 Å². The van der Waals surface area contributed by atoms with Gasteiger partial charge in [0.15, 0.2) is 5.79 Å². The lowest BCUT2D eigenvalue weighted by molar-refractivity contribution is -0.226. The summed E-state index contributed by atoms with van der Waals surface area (Å²) < 4.78 is 57.8. The maximum atomic E-state index is 12.5. The molecule has 8 nitrogen and oxygen atoms in total. The van der Waals surface area contributed by atoms with Gasteiger partial charge in [-0.25, -0.2) is 4.79 Å². The third-order valence-electron chi connectivity index (χ3n) is 4.51. The fourth-order valence-corrected chi connectivity index (χ4v) is 2.81.